The average molecular weight is 640 g/mol. The largest absolute Gasteiger partial charge is 0.504 e. The van der Waals surface area contributed by atoms with Crippen LogP contribution in [-0.2, 0) is 17.8 Å². The molecule has 1 aliphatic carbocycles. The zero-order chi connectivity index (χ0) is 33.0. The van der Waals surface area contributed by atoms with E-state index in [1.54, 1.807) is 37.8 Å². The molecule has 0 atom stereocenters. The number of hydrogen-bond acceptors (Lipinski definition) is 16. The summed E-state index contributed by atoms with van der Waals surface area (Å²) in [5, 5.41) is 65.5. The molecule has 18 heteroatoms. The first-order valence-corrected chi connectivity index (χ1v) is 14.1. The molecule has 0 spiro atoms. The van der Waals surface area contributed by atoms with Gasteiger partial charge in [0.25, 0.3) is 0 Å². The Kier molecular flexibility index (Phi) is 9.54. The Morgan fingerprint density at radius 2 is 1.72 bits per heavy atom. The number of carbonyl (C=O) groups is 1. The van der Waals surface area contributed by atoms with E-state index in [0.717, 1.165) is 6.20 Å². The van der Waals surface area contributed by atoms with Gasteiger partial charge in [0.15, 0.2) is 17.7 Å². The van der Waals surface area contributed by atoms with Gasteiger partial charge in [-0.1, -0.05) is 0 Å². The minimum absolute atomic E-state index is 0.0875. The molecule has 0 unspecified atom stereocenters. The van der Waals surface area contributed by atoms with Crippen LogP contribution in [0.5, 0.6) is 11.8 Å². The Morgan fingerprint density at radius 3 is 2.28 bits per heavy atom. The number of aliphatic hydroxyl groups is 5. The van der Waals surface area contributed by atoms with Crippen LogP contribution < -0.4 is 15.0 Å². The van der Waals surface area contributed by atoms with Crippen LogP contribution in [0, 0.1) is 0 Å². The molecule has 46 heavy (non-hydrogen) atoms. The van der Waals surface area contributed by atoms with Crippen LogP contribution >= 0.6 is 0 Å². The Morgan fingerprint density at radius 1 is 1.02 bits per heavy atom. The molecular weight excluding hydrogens is 606 g/mol. The maximum absolute atomic E-state index is 13.1. The lowest BCUT2D eigenvalue weighted by atomic mass is 9.90. The fourth-order valence-electron chi connectivity index (χ4n) is 5.10. The summed E-state index contributed by atoms with van der Waals surface area (Å²) < 4.78 is 11.4. The summed E-state index contributed by atoms with van der Waals surface area (Å²) in [5.41, 5.74) is 0.628. The molecule has 1 amide bonds. The molecule has 0 aromatic carbocycles. The van der Waals surface area contributed by atoms with Crippen molar-refractivity contribution in [1.82, 2.24) is 34.7 Å². The lowest BCUT2D eigenvalue weighted by Gasteiger charge is -2.36. The molecular formula is C28H33N9O9. The summed E-state index contributed by atoms with van der Waals surface area (Å²) in [6.07, 6.45) is 6.46. The van der Waals surface area contributed by atoms with E-state index < -0.39 is 30.5 Å². The van der Waals surface area contributed by atoms with E-state index in [1.807, 2.05) is 0 Å². The van der Waals surface area contributed by atoms with Gasteiger partial charge in [-0.15, -0.1) is 0 Å². The highest BCUT2D eigenvalue weighted by Crippen LogP contribution is 2.34. The lowest BCUT2D eigenvalue weighted by Crippen LogP contribution is -2.45. The second-order valence-corrected chi connectivity index (χ2v) is 10.6. The van der Waals surface area contributed by atoms with Crippen LogP contribution in [0.25, 0.3) is 22.5 Å². The van der Waals surface area contributed by atoms with E-state index in [1.165, 1.54) is 22.9 Å². The number of amides is 1. The van der Waals surface area contributed by atoms with Crippen LogP contribution in [0.1, 0.15) is 31.2 Å². The molecule has 244 valence electrons. The topological polar surface area (TPSA) is 254 Å². The Hall–Kier alpha value is -5.01. The number of rotatable bonds is 10. The number of nitrogens with zero attached hydrogens (tertiary/aromatic N) is 8. The number of hydrogen-bond donors (Lipinski definition) is 7. The highest BCUT2D eigenvalue weighted by molar-refractivity contribution is 5.87. The summed E-state index contributed by atoms with van der Waals surface area (Å²) in [6.45, 7) is -0.619. The number of aliphatic hydroxyl groups excluding tert-OH is 1. The Balaban J connectivity index is 1.32. The average Bonchev–Trinajstić information content (AvgIpc) is 3.38. The van der Waals surface area contributed by atoms with Crippen LogP contribution in [-0.4, -0.2) is 104 Å². The number of pyridine rings is 1. The molecule has 0 aliphatic heterocycles. The molecule has 0 bridgehead atoms. The van der Waals surface area contributed by atoms with E-state index in [9.17, 15) is 35.4 Å². The van der Waals surface area contributed by atoms with Crippen LogP contribution in [0.3, 0.4) is 0 Å². The summed E-state index contributed by atoms with van der Waals surface area (Å²) in [4.78, 5) is 35.6. The molecule has 1 aliphatic rings. The molecule has 4 aromatic rings. The number of methoxy groups -OCH3 is 1. The fraction of sp³-hybridized carbons (Fsp3) is 0.393. The standard InChI is InChI=1S/C28H33N9O9/c1-36-13-20(38)24(35-36)23-19(28(42,43)44)12-30-25(34-23)33-17-4-6-18(7-5-17)37(27(41)46-14-22(39)40)21-8-3-15(9-29-21)16-10-31-26(45-2)32-11-16/h3,8-13,17-18,22,38-40,42-44H,4-7,14H2,1-2H3,(H,30,33,34). The van der Waals surface area contributed by atoms with Crippen molar-refractivity contribution in [2.24, 2.45) is 7.05 Å². The Bertz CT molecular complexity index is 1640. The number of ether oxygens (including phenoxy) is 2. The molecule has 4 heterocycles. The third-order valence-electron chi connectivity index (χ3n) is 7.27. The van der Waals surface area contributed by atoms with Gasteiger partial charge in [0.05, 0.1) is 18.9 Å². The van der Waals surface area contributed by atoms with Gasteiger partial charge in [-0.2, -0.15) is 5.10 Å². The second-order valence-electron chi connectivity index (χ2n) is 10.6. The van der Waals surface area contributed by atoms with E-state index in [-0.39, 0.29) is 41.2 Å². The van der Waals surface area contributed by atoms with Gasteiger partial charge in [0.2, 0.25) is 5.95 Å². The van der Waals surface area contributed by atoms with Gasteiger partial charge in [0.1, 0.15) is 18.1 Å². The van der Waals surface area contributed by atoms with E-state index in [4.69, 9.17) is 9.47 Å². The monoisotopic (exact) mass is 639 g/mol. The molecule has 5 rings (SSSR count). The molecule has 7 N–H and O–H groups in total. The zero-order valence-electron chi connectivity index (χ0n) is 24.8. The predicted molar refractivity (Wildman–Crippen MR) is 158 cm³/mol. The van der Waals surface area contributed by atoms with Crippen LogP contribution in [0.4, 0.5) is 16.6 Å². The van der Waals surface area contributed by atoms with E-state index in [0.29, 0.717) is 42.6 Å². The maximum Gasteiger partial charge on any atom is 0.415 e. The summed E-state index contributed by atoms with van der Waals surface area (Å²) in [6, 6.07) is 3.09. The van der Waals surface area contributed by atoms with Crippen molar-refractivity contribution in [2.45, 2.75) is 50.0 Å². The first-order chi connectivity index (χ1) is 21.9. The summed E-state index contributed by atoms with van der Waals surface area (Å²) in [5.74, 6) is -3.19. The third kappa shape index (κ3) is 7.44. The lowest BCUT2D eigenvalue weighted by molar-refractivity contribution is -0.323. The first kappa shape index (κ1) is 32.4. The number of carbonyl (C=O) groups excluding carboxylic acids is 1. The number of aromatic nitrogens is 7. The molecule has 18 nitrogen and oxygen atoms in total. The van der Waals surface area contributed by atoms with Crippen LogP contribution in [0.15, 0.2) is 43.1 Å². The van der Waals surface area contributed by atoms with E-state index >= 15 is 0 Å². The normalized spacial score (nSPS) is 16.7. The fourth-order valence-corrected chi connectivity index (χ4v) is 5.10. The molecule has 1 saturated carbocycles. The molecule has 4 aromatic heterocycles. The van der Waals surface area contributed by atoms with Crippen molar-refractivity contribution in [1.29, 1.82) is 0 Å². The minimum Gasteiger partial charge on any atom is -0.504 e. The van der Waals surface area contributed by atoms with Crippen molar-refractivity contribution in [3.05, 3.63) is 48.7 Å². The van der Waals surface area contributed by atoms with Gasteiger partial charge < -0.3 is 45.4 Å². The van der Waals surface area contributed by atoms with E-state index in [2.05, 4.69) is 35.3 Å². The van der Waals surface area contributed by atoms with Crippen LogP contribution in [0.2, 0.25) is 0 Å². The maximum atomic E-state index is 13.1. The summed E-state index contributed by atoms with van der Waals surface area (Å²) in [7, 11) is 3.02. The highest BCUT2D eigenvalue weighted by atomic mass is 16.7. The van der Waals surface area contributed by atoms with Crippen molar-refractivity contribution < 1.29 is 44.9 Å². The summed E-state index contributed by atoms with van der Waals surface area (Å²) >= 11 is 0. The SMILES string of the molecule is COc1ncc(-c2ccc(N(C(=O)OCC(O)O)C3CCC(Nc4ncc(C(O)(O)O)c(-c5nn(C)cc5O)n4)CC3)nc2)cn1. The van der Waals surface area contributed by atoms with Gasteiger partial charge in [-0.05, 0) is 37.8 Å². The van der Waals surface area contributed by atoms with Gasteiger partial charge in [-0.25, -0.2) is 29.7 Å². The van der Waals surface area contributed by atoms with Crippen molar-refractivity contribution in [3.63, 3.8) is 0 Å². The molecule has 1 fully saturated rings. The zero-order valence-corrected chi connectivity index (χ0v) is 24.8. The Labute approximate surface area is 261 Å². The molecule has 0 saturated heterocycles. The molecule has 0 radical (unpaired) electrons. The minimum atomic E-state index is -3.28. The number of aromatic hydroxyl groups is 1. The van der Waals surface area contributed by atoms with Gasteiger partial charge in [0, 0.05) is 55.0 Å². The highest BCUT2D eigenvalue weighted by Gasteiger charge is 2.34. The number of anilines is 2. The van der Waals surface area contributed by atoms with Crippen molar-refractivity contribution in [2.75, 3.05) is 23.9 Å². The van der Waals surface area contributed by atoms with Crippen molar-refractivity contribution >= 4 is 17.9 Å². The third-order valence-corrected chi connectivity index (χ3v) is 7.27. The number of nitrogens with one attached hydrogen (secondary N) is 1. The predicted octanol–water partition coefficient (Wildman–Crippen LogP) is 0.207. The number of aryl methyl sites for hydroxylation is 1. The van der Waals surface area contributed by atoms with Gasteiger partial charge >= 0.3 is 18.1 Å². The van der Waals surface area contributed by atoms with Gasteiger partial charge in [-0.3, -0.25) is 9.58 Å². The first-order valence-electron chi connectivity index (χ1n) is 14.1. The van der Waals surface area contributed by atoms with Crippen molar-refractivity contribution in [3.8, 4) is 34.3 Å². The smallest absolute Gasteiger partial charge is 0.415 e. The second kappa shape index (κ2) is 13.5. The quantitative estimate of drug-likeness (QED) is 0.114.